The first kappa shape index (κ1) is 27.5. The van der Waals surface area contributed by atoms with E-state index in [1.54, 1.807) is 13.1 Å². The van der Waals surface area contributed by atoms with Crippen molar-refractivity contribution >= 4 is 46.1 Å². The maximum Gasteiger partial charge on any atom is 0.421 e. The Kier molecular flexibility index (Phi) is 7.43. The van der Waals surface area contributed by atoms with Gasteiger partial charge in [-0.15, -0.1) is 0 Å². The molecule has 5 rings (SSSR count). The Balaban J connectivity index is 1.46. The number of nitrogens with zero attached hydrogens (tertiary/aromatic N) is 5. The van der Waals surface area contributed by atoms with Gasteiger partial charge in [0.1, 0.15) is 39.5 Å². The molecule has 4 heterocycles. The summed E-state index contributed by atoms with van der Waals surface area (Å²) in [6.07, 6.45) is -1.58. The van der Waals surface area contributed by atoms with E-state index in [0.29, 0.717) is 24.2 Å². The summed E-state index contributed by atoms with van der Waals surface area (Å²) >= 11 is 6.63. The highest BCUT2D eigenvalue weighted by molar-refractivity contribution is 6.36. The van der Waals surface area contributed by atoms with Crippen molar-refractivity contribution in [3.05, 3.63) is 53.3 Å². The van der Waals surface area contributed by atoms with Crippen LogP contribution in [0.5, 0.6) is 17.2 Å². The van der Waals surface area contributed by atoms with Gasteiger partial charge in [0.25, 0.3) is 0 Å². The van der Waals surface area contributed by atoms with Gasteiger partial charge in [0, 0.05) is 39.3 Å². The zero-order valence-electron chi connectivity index (χ0n) is 21.7. The number of aromatic nitrogens is 4. The van der Waals surface area contributed by atoms with Crippen LogP contribution in [0.4, 0.5) is 30.6 Å². The number of halogens is 4. The highest BCUT2D eigenvalue weighted by atomic mass is 35.5. The highest BCUT2D eigenvalue weighted by Gasteiger charge is 2.39. The lowest BCUT2D eigenvalue weighted by atomic mass is 10.1. The number of carbonyl (C=O) groups is 1. The Bertz CT molecular complexity index is 1580. The predicted molar refractivity (Wildman–Crippen MR) is 143 cm³/mol. The molecule has 1 atom stereocenters. The van der Waals surface area contributed by atoms with Crippen molar-refractivity contribution in [1.29, 1.82) is 0 Å². The van der Waals surface area contributed by atoms with E-state index in [4.69, 9.17) is 21.1 Å². The molecule has 1 aliphatic rings. The number of rotatable bonds is 7. The van der Waals surface area contributed by atoms with Crippen molar-refractivity contribution in [2.75, 3.05) is 30.8 Å². The molecule has 10 nitrogen and oxygen atoms in total. The molecular formula is C26H25ClF3N7O3. The zero-order chi connectivity index (χ0) is 28.6. The van der Waals surface area contributed by atoms with Crippen LogP contribution in [0.3, 0.4) is 0 Å². The van der Waals surface area contributed by atoms with E-state index >= 15 is 0 Å². The molecule has 0 radical (unpaired) electrons. The molecule has 1 fully saturated rings. The van der Waals surface area contributed by atoms with E-state index in [1.165, 1.54) is 48.1 Å². The smallest absolute Gasteiger partial charge is 0.421 e. The van der Waals surface area contributed by atoms with Gasteiger partial charge in [-0.25, -0.2) is 9.97 Å². The number of carbonyl (C=O) groups excluding carboxylic acids is 1. The monoisotopic (exact) mass is 575 g/mol. The Labute approximate surface area is 232 Å². The van der Waals surface area contributed by atoms with E-state index in [-0.39, 0.29) is 51.6 Å². The summed E-state index contributed by atoms with van der Waals surface area (Å²) < 4.78 is 55.9. The molecule has 0 bridgehead atoms. The highest BCUT2D eigenvalue weighted by Crippen LogP contribution is 2.43. The van der Waals surface area contributed by atoms with Gasteiger partial charge in [0.05, 0.1) is 11.9 Å². The second-order valence-corrected chi connectivity index (χ2v) is 9.73. The first-order valence-electron chi connectivity index (χ1n) is 12.2. The molecule has 14 heteroatoms. The number of hydrogen-bond donors (Lipinski definition) is 2. The van der Waals surface area contributed by atoms with E-state index in [9.17, 15) is 18.0 Å². The lowest BCUT2D eigenvalue weighted by Gasteiger charge is -2.21. The third-order valence-corrected chi connectivity index (χ3v) is 6.63. The van der Waals surface area contributed by atoms with Crippen LogP contribution in [0, 0.1) is 0 Å². The lowest BCUT2D eigenvalue weighted by Crippen LogP contribution is -2.23. The second-order valence-electron chi connectivity index (χ2n) is 9.36. The Morgan fingerprint density at radius 1 is 1.18 bits per heavy atom. The molecule has 0 aliphatic carbocycles. The molecule has 210 valence electrons. The molecule has 1 amide bonds. The van der Waals surface area contributed by atoms with Crippen LogP contribution in [-0.4, -0.2) is 56.6 Å². The summed E-state index contributed by atoms with van der Waals surface area (Å²) in [6, 6.07) is 7.21. The van der Waals surface area contributed by atoms with Gasteiger partial charge in [0.2, 0.25) is 11.9 Å². The molecule has 0 spiro atoms. The first-order valence-corrected chi connectivity index (χ1v) is 12.6. The second kappa shape index (κ2) is 10.8. The summed E-state index contributed by atoms with van der Waals surface area (Å²) in [5.74, 6) is 0.339. The number of pyridine rings is 2. The minimum atomic E-state index is -4.69. The van der Waals surface area contributed by atoms with E-state index in [0.717, 1.165) is 6.54 Å². The maximum atomic E-state index is 14.3. The third kappa shape index (κ3) is 5.75. The van der Waals surface area contributed by atoms with Crippen LogP contribution in [0.25, 0.3) is 11.2 Å². The van der Waals surface area contributed by atoms with Gasteiger partial charge < -0.3 is 29.6 Å². The van der Waals surface area contributed by atoms with E-state index in [1.807, 2.05) is 11.9 Å². The van der Waals surface area contributed by atoms with E-state index in [2.05, 4.69) is 25.6 Å². The fourth-order valence-corrected chi connectivity index (χ4v) is 4.76. The van der Waals surface area contributed by atoms with Gasteiger partial charge in [-0.1, -0.05) is 17.7 Å². The average molecular weight is 576 g/mol. The topological polar surface area (TPSA) is 106 Å². The number of fused-ring (bicyclic) bond motifs is 1. The van der Waals surface area contributed by atoms with Crippen LogP contribution in [0.15, 0.2) is 42.7 Å². The molecule has 1 saturated heterocycles. The third-order valence-electron chi connectivity index (χ3n) is 6.27. The summed E-state index contributed by atoms with van der Waals surface area (Å²) in [5, 5.41) is 5.49. The fourth-order valence-electron chi connectivity index (χ4n) is 4.46. The number of alkyl halides is 3. The zero-order valence-corrected chi connectivity index (χ0v) is 22.5. The lowest BCUT2D eigenvalue weighted by molar-refractivity contribution is -0.138. The van der Waals surface area contributed by atoms with Gasteiger partial charge in [-0.2, -0.15) is 18.2 Å². The number of likely N-dealkylation sites (tertiary alicyclic amines) is 1. The Hall–Kier alpha value is -4.10. The summed E-state index contributed by atoms with van der Waals surface area (Å²) in [7, 11) is 3.49. The van der Waals surface area contributed by atoms with Crippen LogP contribution in [0.1, 0.15) is 18.9 Å². The van der Waals surface area contributed by atoms with Gasteiger partial charge in [0.15, 0.2) is 11.4 Å². The number of amides is 1. The summed E-state index contributed by atoms with van der Waals surface area (Å²) in [6.45, 7) is 2.65. The molecule has 4 aromatic rings. The van der Waals surface area contributed by atoms with Crippen molar-refractivity contribution in [3.63, 3.8) is 0 Å². The van der Waals surface area contributed by atoms with Crippen molar-refractivity contribution in [3.8, 4) is 17.2 Å². The van der Waals surface area contributed by atoms with Crippen molar-refractivity contribution < 1.29 is 27.4 Å². The number of benzene rings is 1. The maximum absolute atomic E-state index is 14.3. The van der Waals surface area contributed by atoms with Crippen molar-refractivity contribution in [1.82, 2.24) is 24.4 Å². The SMILES string of the molecule is CC(=O)Nc1cc(Oc2cnc3nc(Nc4cccc(O[C@@H]5CCN(C)C5)c4C(F)(F)F)n(C)c3c2Cl)ccn1. The largest absolute Gasteiger partial charge is 0.488 e. The predicted octanol–water partition coefficient (Wildman–Crippen LogP) is 5.61. The number of imidazole rings is 1. The number of ether oxygens (including phenoxy) is 2. The van der Waals surface area contributed by atoms with Gasteiger partial charge in [-0.05, 0) is 31.7 Å². The Morgan fingerprint density at radius 3 is 2.67 bits per heavy atom. The summed E-state index contributed by atoms with van der Waals surface area (Å²) in [5.41, 5.74) is -0.601. The Morgan fingerprint density at radius 2 is 1.98 bits per heavy atom. The number of likely N-dealkylation sites (N-methyl/N-ethyl adjacent to an activating group) is 1. The molecule has 40 heavy (non-hydrogen) atoms. The number of anilines is 3. The molecule has 0 saturated carbocycles. The first-order chi connectivity index (χ1) is 19.0. The van der Waals surface area contributed by atoms with Gasteiger partial charge >= 0.3 is 6.18 Å². The van der Waals surface area contributed by atoms with Crippen molar-refractivity contribution in [2.45, 2.75) is 25.6 Å². The molecule has 3 aromatic heterocycles. The van der Waals surface area contributed by atoms with Crippen LogP contribution in [0.2, 0.25) is 5.02 Å². The minimum absolute atomic E-state index is 0.0849. The molecule has 0 unspecified atom stereocenters. The number of aryl methyl sites for hydroxylation is 1. The minimum Gasteiger partial charge on any atom is -0.488 e. The molecular weight excluding hydrogens is 551 g/mol. The van der Waals surface area contributed by atoms with Crippen molar-refractivity contribution in [2.24, 2.45) is 7.05 Å². The summed E-state index contributed by atoms with van der Waals surface area (Å²) in [4.78, 5) is 26.0. The molecule has 1 aromatic carbocycles. The van der Waals surface area contributed by atoms with Gasteiger partial charge in [-0.3, -0.25) is 4.79 Å². The van der Waals surface area contributed by atoms with Crippen LogP contribution in [-0.2, 0) is 18.0 Å². The number of hydrogen-bond acceptors (Lipinski definition) is 8. The number of nitrogens with one attached hydrogen (secondary N) is 2. The van der Waals surface area contributed by atoms with Crippen LogP contribution >= 0.6 is 11.6 Å². The van der Waals surface area contributed by atoms with E-state index < -0.39 is 11.7 Å². The normalized spacial score (nSPS) is 15.8. The quantitative estimate of drug-likeness (QED) is 0.293. The fraction of sp³-hybridized carbons (Fsp3) is 0.308. The average Bonchev–Trinajstić information content (AvgIpc) is 3.42. The molecule has 1 aliphatic heterocycles. The van der Waals surface area contributed by atoms with Crippen LogP contribution < -0.4 is 20.1 Å². The standard InChI is InChI=1S/C26H25ClF3N7O3/c1-14(38)33-20-11-15(7-9-31-20)39-19-12-32-24-23(22(19)27)37(3)25(35-24)34-17-5-4-6-18(21(17)26(28,29)30)40-16-8-10-36(2)13-16/h4-7,9,11-12,16H,8,10,13H2,1-3H3,(H,31,33,38)(H,32,34,35)/t16-/m1/s1. The molecule has 2 N–H and O–H groups in total.